The van der Waals surface area contributed by atoms with Gasteiger partial charge in [-0.1, -0.05) is 18.2 Å². The van der Waals surface area contributed by atoms with Crippen molar-refractivity contribution in [1.82, 2.24) is 15.5 Å². The molecule has 0 saturated heterocycles. The lowest BCUT2D eigenvalue weighted by molar-refractivity contribution is -0.115. The lowest BCUT2D eigenvalue weighted by Gasteiger charge is -2.32. The molecule has 2 aliphatic rings. The fourth-order valence-corrected chi connectivity index (χ4v) is 3.31. The molecule has 0 saturated carbocycles. The predicted molar refractivity (Wildman–Crippen MR) is 84.9 cm³/mol. The maximum Gasteiger partial charge on any atom is 0.175 e. The van der Waals surface area contributed by atoms with Crippen molar-refractivity contribution < 1.29 is 4.79 Å². The fourth-order valence-electron chi connectivity index (χ4n) is 3.31. The maximum atomic E-state index is 12.5. The maximum absolute atomic E-state index is 12.5. The first-order chi connectivity index (χ1) is 10.6. The quantitative estimate of drug-likeness (QED) is 0.752. The van der Waals surface area contributed by atoms with Crippen LogP contribution in [0.25, 0.3) is 0 Å². The standard InChI is InChI=1S/C17H18N4O/c1-9-3-4-11(5-10(9)2)15-12-6-19-21-17(12)20-13-7-18-8-14(22)16(13)15/h3-6,15,18H,7-8H2,1-2H3,(H2,19,20,21). The summed E-state index contributed by atoms with van der Waals surface area (Å²) < 4.78 is 0. The molecule has 1 aromatic heterocycles. The van der Waals surface area contributed by atoms with Crippen molar-refractivity contribution >= 4 is 11.6 Å². The minimum Gasteiger partial charge on any atom is -0.340 e. The Morgan fingerprint density at radius 3 is 2.86 bits per heavy atom. The van der Waals surface area contributed by atoms with Gasteiger partial charge in [0, 0.05) is 35.5 Å². The minimum atomic E-state index is -0.0427. The van der Waals surface area contributed by atoms with Crippen LogP contribution in [0.1, 0.15) is 28.2 Å². The molecule has 0 bridgehead atoms. The Morgan fingerprint density at radius 2 is 2.05 bits per heavy atom. The van der Waals surface area contributed by atoms with E-state index in [-0.39, 0.29) is 11.7 Å². The largest absolute Gasteiger partial charge is 0.340 e. The zero-order valence-corrected chi connectivity index (χ0v) is 12.7. The topological polar surface area (TPSA) is 69.8 Å². The van der Waals surface area contributed by atoms with E-state index in [1.54, 1.807) is 0 Å². The number of benzene rings is 1. The Kier molecular flexibility index (Phi) is 2.90. The van der Waals surface area contributed by atoms with Crippen LogP contribution >= 0.6 is 0 Å². The molecule has 2 aliphatic heterocycles. The van der Waals surface area contributed by atoms with Crippen LogP contribution in [0.2, 0.25) is 0 Å². The molecule has 0 amide bonds. The minimum absolute atomic E-state index is 0.0427. The summed E-state index contributed by atoms with van der Waals surface area (Å²) in [6.07, 6.45) is 1.89. The average molecular weight is 294 g/mol. The van der Waals surface area contributed by atoms with Crippen LogP contribution in [0.4, 0.5) is 5.82 Å². The van der Waals surface area contributed by atoms with Gasteiger partial charge in [0.1, 0.15) is 0 Å². The summed E-state index contributed by atoms with van der Waals surface area (Å²) in [5.41, 5.74) is 6.50. The zero-order chi connectivity index (χ0) is 15.3. The van der Waals surface area contributed by atoms with E-state index in [9.17, 15) is 4.79 Å². The molecule has 0 fully saturated rings. The van der Waals surface area contributed by atoms with E-state index in [1.165, 1.54) is 11.1 Å². The Bertz CT molecular complexity index is 803. The lowest BCUT2D eigenvalue weighted by Crippen LogP contribution is -2.39. The second kappa shape index (κ2) is 4.81. The van der Waals surface area contributed by atoms with Crippen LogP contribution in [0.15, 0.2) is 35.7 Å². The van der Waals surface area contributed by atoms with E-state index in [2.05, 4.69) is 52.9 Å². The van der Waals surface area contributed by atoms with Crippen molar-refractivity contribution in [3.05, 3.63) is 57.9 Å². The Hall–Kier alpha value is -2.40. The summed E-state index contributed by atoms with van der Waals surface area (Å²) in [6, 6.07) is 6.43. The third-order valence-electron chi connectivity index (χ3n) is 4.62. The smallest absolute Gasteiger partial charge is 0.175 e. The van der Waals surface area contributed by atoms with Crippen molar-refractivity contribution in [2.24, 2.45) is 0 Å². The van der Waals surface area contributed by atoms with Gasteiger partial charge in [-0.3, -0.25) is 9.89 Å². The molecule has 0 radical (unpaired) electrons. The number of Topliss-reactive ketones (excluding diaryl/α,β-unsaturated/α-hetero) is 1. The Balaban J connectivity index is 1.92. The number of anilines is 1. The van der Waals surface area contributed by atoms with Crippen LogP contribution in [0.3, 0.4) is 0 Å². The summed E-state index contributed by atoms with van der Waals surface area (Å²) in [6.45, 7) is 5.28. The van der Waals surface area contributed by atoms with Gasteiger partial charge in [-0.15, -0.1) is 0 Å². The number of hydrogen-bond donors (Lipinski definition) is 3. The third kappa shape index (κ3) is 1.89. The van der Waals surface area contributed by atoms with Crippen LogP contribution < -0.4 is 10.6 Å². The molecule has 3 N–H and O–H groups in total. The number of aromatic amines is 1. The molecule has 0 aliphatic carbocycles. The van der Waals surface area contributed by atoms with E-state index < -0.39 is 0 Å². The number of rotatable bonds is 1. The molecule has 3 heterocycles. The van der Waals surface area contributed by atoms with E-state index in [1.807, 2.05) is 6.20 Å². The molecule has 1 unspecified atom stereocenters. The van der Waals surface area contributed by atoms with Gasteiger partial charge in [0.25, 0.3) is 0 Å². The molecule has 22 heavy (non-hydrogen) atoms. The van der Waals surface area contributed by atoms with E-state index in [0.29, 0.717) is 13.1 Å². The van der Waals surface area contributed by atoms with E-state index >= 15 is 0 Å². The monoisotopic (exact) mass is 294 g/mol. The van der Waals surface area contributed by atoms with Crippen LogP contribution in [-0.4, -0.2) is 29.1 Å². The first-order valence-electron chi connectivity index (χ1n) is 7.50. The molecule has 4 rings (SSSR count). The summed E-state index contributed by atoms with van der Waals surface area (Å²) in [5, 5.41) is 13.6. The molecular weight excluding hydrogens is 276 g/mol. The molecule has 5 nitrogen and oxygen atoms in total. The number of aromatic nitrogens is 2. The summed E-state index contributed by atoms with van der Waals surface area (Å²) in [7, 11) is 0. The van der Waals surface area contributed by atoms with E-state index in [4.69, 9.17) is 0 Å². The summed E-state index contributed by atoms with van der Waals surface area (Å²) in [4.78, 5) is 12.5. The summed E-state index contributed by atoms with van der Waals surface area (Å²) in [5.74, 6) is 0.932. The number of fused-ring (bicyclic) bond motifs is 1. The number of hydrogen-bond acceptors (Lipinski definition) is 4. The average Bonchev–Trinajstić information content (AvgIpc) is 2.96. The molecular formula is C17H18N4O. The first-order valence-corrected chi connectivity index (χ1v) is 7.50. The molecule has 112 valence electrons. The normalized spacial score (nSPS) is 20.5. The highest BCUT2D eigenvalue weighted by Gasteiger charge is 2.36. The Morgan fingerprint density at radius 1 is 1.18 bits per heavy atom. The summed E-state index contributed by atoms with van der Waals surface area (Å²) >= 11 is 0. The van der Waals surface area contributed by atoms with Crippen molar-refractivity contribution in [2.75, 3.05) is 18.4 Å². The van der Waals surface area contributed by atoms with Gasteiger partial charge < -0.3 is 10.6 Å². The van der Waals surface area contributed by atoms with Crippen LogP contribution in [0, 0.1) is 13.8 Å². The van der Waals surface area contributed by atoms with Crippen molar-refractivity contribution in [3.8, 4) is 0 Å². The SMILES string of the molecule is Cc1ccc(C2C3=C(CNCC3=O)Nc3n[nH]cc32)cc1C. The predicted octanol–water partition coefficient (Wildman–Crippen LogP) is 2.01. The number of carbonyl (C=O) groups is 1. The fraction of sp³-hybridized carbons (Fsp3) is 0.294. The molecule has 5 heteroatoms. The van der Waals surface area contributed by atoms with Gasteiger partial charge in [0.05, 0.1) is 6.54 Å². The van der Waals surface area contributed by atoms with Gasteiger partial charge in [0.15, 0.2) is 11.6 Å². The highest BCUT2D eigenvalue weighted by Crippen LogP contribution is 2.42. The number of carbonyl (C=O) groups excluding carboxylic acids is 1. The second-order valence-corrected chi connectivity index (χ2v) is 6.01. The van der Waals surface area contributed by atoms with Gasteiger partial charge >= 0.3 is 0 Å². The van der Waals surface area contributed by atoms with Gasteiger partial charge in [-0.25, -0.2) is 0 Å². The number of H-pyrrole nitrogens is 1. The highest BCUT2D eigenvalue weighted by molar-refractivity contribution is 6.02. The lowest BCUT2D eigenvalue weighted by atomic mass is 9.79. The number of nitrogens with zero attached hydrogens (tertiary/aromatic N) is 1. The van der Waals surface area contributed by atoms with Crippen molar-refractivity contribution in [1.29, 1.82) is 0 Å². The molecule has 2 aromatic rings. The van der Waals surface area contributed by atoms with Gasteiger partial charge in [-0.2, -0.15) is 5.10 Å². The van der Waals surface area contributed by atoms with Crippen molar-refractivity contribution in [2.45, 2.75) is 19.8 Å². The number of aryl methyl sites for hydroxylation is 2. The molecule has 0 spiro atoms. The highest BCUT2D eigenvalue weighted by atomic mass is 16.1. The zero-order valence-electron chi connectivity index (χ0n) is 12.7. The van der Waals surface area contributed by atoms with E-state index in [0.717, 1.165) is 28.2 Å². The van der Waals surface area contributed by atoms with Gasteiger partial charge in [0.2, 0.25) is 0 Å². The Labute approximate surface area is 128 Å². The van der Waals surface area contributed by atoms with Gasteiger partial charge in [-0.05, 0) is 30.5 Å². The number of nitrogens with one attached hydrogen (secondary N) is 3. The second-order valence-electron chi connectivity index (χ2n) is 6.01. The number of ketones is 1. The van der Waals surface area contributed by atoms with Crippen LogP contribution in [0.5, 0.6) is 0 Å². The van der Waals surface area contributed by atoms with Crippen molar-refractivity contribution in [3.63, 3.8) is 0 Å². The van der Waals surface area contributed by atoms with Crippen LogP contribution in [-0.2, 0) is 4.79 Å². The third-order valence-corrected chi connectivity index (χ3v) is 4.62. The molecule has 1 atom stereocenters. The first kappa shape index (κ1) is 13.3. The molecule has 1 aromatic carbocycles.